The number of allylic oxidation sites excluding steroid dienone is 6. The van der Waals surface area contributed by atoms with Gasteiger partial charge < -0.3 is 20.1 Å². The molecule has 52 heavy (non-hydrogen) atoms. The molecule has 0 spiro atoms. The molecule has 0 aromatic heterocycles. The third-order valence-electron chi connectivity index (χ3n) is 9.06. The fourth-order valence-electron chi connectivity index (χ4n) is 5.89. The monoisotopic (exact) mass is 756 g/mol. The van der Waals surface area contributed by atoms with E-state index in [2.05, 4.69) is 50.3 Å². The number of carbonyl (C=O) groups is 1. The maximum atomic E-state index is 12.6. The van der Waals surface area contributed by atoms with E-state index in [4.69, 9.17) is 24.3 Å². The average molecular weight is 756 g/mol. The summed E-state index contributed by atoms with van der Waals surface area (Å²) in [6.45, 7) is 4.90. The molecule has 8 nitrogen and oxygen atoms in total. The molecular formula is C43H82NO7P. The third kappa shape index (κ3) is 39.9. The molecule has 0 radical (unpaired) electrons. The number of esters is 1. The SMILES string of the molecule is CCCCCCC/C=C\C/C=C\C/C=C\CCCCCCCCC(=O)OC(COCCCCCCCCCCCCCC)COP(=O)(O)OCCN. The van der Waals surface area contributed by atoms with Crippen molar-refractivity contribution in [3.8, 4) is 0 Å². The molecule has 0 bridgehead atoms. The Bertz CT molecular complexity index is 895. The summed E-state index contributed by atoms with van der Waals surface area (Å²) in [5.41, 5.74) is 5.36. The summed E-state index contributed by atoms with van der Waals surface area (Å²) in [6, 6.07) is 0. The molecule has 0 saturated carbocycles. The van der Waals surface area contributed by atoms with Crippen molar-refractivity contribution in [2.45, 2.75) is 200 Å². The Morgan fingerprint density at radius 3 is 1.52 bits per heavy atom. The van der Waals surface area contributed by atoms with Gasteiger partial charge in [-0.2, -0.15) is 0 Å². The molecule has 0 heterocycles. The van der Waals surface area contributed by atoms with Gasteiger partial charge in [-0.3, -0.25) is 13.8 Å². The van der Waals surface area contributed by atoms with Crippen LogP contribution < -0.4 is 5.73 Å². The van der Waals surface area contributed by atoms with Crippen molar-refractivity contribution in [2.75, 3.05) is 33.0 Å². The highest BCUT2D eigenvalue weighted by atomic mass is 31.2. The van der Waals surface area contributed by atoms with E-state index in [0.29, 0.717) is 13.0 Å². The smallest absolute Gasteiger partial charge is 0.457 e. The lowest BCUT2D eigenvalue weighted by Gasteiger charge is -2.20. The molecule has 9 heteroatoms. The maximum absolute atomic E-state index is 12.6. The van der Waals surface area contributed by atoms with E-state index in [1.807, 2.05) is 0 Å². The molecule has 0 aromatic rings. The van der Waals surface area contributed by atoms with Gasteiger partial charge in [0.25, 0.3) is 0 Å². The summed E-state index contributed by atoms with van der Waals surface area (Å²) >= 11 is 0. The Morgan fingerprint density at radius 2 is 1.02 bits per heavy atom. The van der Waals surface area contributed by atoms with Crippen molar-refractivity contribution in [1.82, 2.24) is 0 Å². The predicted octanol–water partition coefficient (Wildman–Crippen LogP) is 12.6. The van der Waals surface area contributed by atoms with Crippen LogP contribution in [-0.2, 0) is 27.9 Å². The van der Waals surface area contributed by atoms with Gasteiger partial charge in [0.2, 0.25) is 0 Å². The van der Waals surface area contributed by atoms with E-state index < -0.39 is 13.9 Å². The van der Waals surface area contributed by atoms with Gasteiger partial charge in [-0.15, -0.1) is 0 Å². The molecule has 0 aromatic carbocycles. The Balaban J connectivity index is 4.04. The van der Waals surface area contributed by atoms with E-state index in [1.54, 1.807) is 0 Å². The van der Waals surface area contributed by atoms with Gasteiger partial charge >= 0.3 is 13.8 Å². The first-order valence-electron chi connectivity index (χ1n) is 21.5. The Kier molecular flexibility index (Phi) is 39.9. The van der Waals surface area contributed by atoms with Crippen molar-refractivity contribution >= 4 is 13.8 Å². The fourth-order valence-corrected chi connectivity index (χ4v) is 6.65. The molecule has 0 aliphatic heterocycles. The van der Waals surface area contributed by atoms with Crippen LogP contribution in [0.1, 0.15) is 194 Å². The lowest BCUT2D eigenvalue weighted by atomic mass is 10.1. The zero-order valence-electron chi connectivity index (χ0n) is 33.8. The van der Waals surface area contributed by atoms with Crippen LogP contribution in [0.15, 0.2) is 36.5 Å². The summed E-state index contributed by atoms with van der Waals surface area (Å²) in [5.74, 6) is -0.341. The first kappa shape index (κ1) is 50.7. The maximum Gasteiger partial charge on any atom is 0.472 e. The van der Waals surface area contributed by atoms with Crippen molar-refractivity contribution in [3.05, 3.63) is 36.5 Å². The fraction of sp³-hybridized carbons (Fsp3) is 0.837. The van der Waals surface area contributed by atoms with Gasteiger partial charge in [0, 0.05) is 19.6 Å². The van der Waals surface area contributed by atoms with Crippen LogP contribution in [0, 0.1) is 0 Å². The second-order valence-corrected chi connectivity index (χ2v) is 15.7. The number of hydrogen-bond acceptors (Lipinski definition) is 7. The minimum atomic E-state index is -4.28. The molecule has 0 aliphatic carbocycles. The third-order valence-corrected chi connectivity index (χ3v) is 10.0. The van der Waals surface area contributed by atoms with Crippen LogP contribution in [0.2, 0.25) is 0 Å². The van der Waals surface area contributed by atoms with Crippen LogP contribution in [0.3, 0.4) is 0 Å². The summed E-state index contributed by atoms with van der Waals surface area (Å²) in [6.07, 6.45) is 45.8. The van der Waals surface area contributed by atoms with Crippen LogP contribution >= 0.6 is 7.82 Å². The topological polar surface area (TPSA) is 117 Å². The average Bonchev–Trinajstić information content (AvgIpc) is 3.13. The number of unbranched alkanes of at least 4 members (excludes halogenated alkanes) is 22. The van der Waals surface area contributed by atoms with Gasteiger partial charge in [0.05, 0.1) is 19.8 Å². The molecule has 306 valence electrons. The van der Waals surface area contributed by atoms with Crippen LogP contribution in [-0.4, -0.2) is 49.9 Å². The number of phosphoric acid groups is 1. The molecule has 0 saturated heterocycles. The highest BCUT2D eigenvalue weighted by Gasteiger charge is 2.25. The van der Waals surface area contributed by atoms with E-state index in [9.17, 15) is 14.3 Å². The number of phosphoric ester groups is 1. The van der Waals surface area contributed by atoms with Gasteiger partial charge in [0.15, 0.2) is 0 Å². The predicted molar refractivity (Wildman–Crippen MR) is 220 cm³/mol. The largest absolute Gasteiger partial charge is 0.472 e. The normalized spacial score (nSPS) is 13.8. The van der Waals surface area contributed by atoms with Crippen LogP contribution in [0.4, 0.5) is 0 Å². The first-order valence-corrected chi connectivity index (χ1v) is 23.0. The standard InChI is InChI=1S/C43H82NO7P/c1-3-5-7-9-11-13-15-17-18-19-20-21-22-23-24-25-26-28-30-32-34-36-43(45)51-42(41-50-52(46,47)49-39-37-44)40-48-38-35-33-31-29-27-16-14-12-10-8-6-4-2/h15,17,19-20,22-23,42H,3-14,16,18,21,24-41,44H2,1-2H3,(H,46,47)/b17-15-,20-19-,23-22-. The Labute approximate surface area is 320 Å². The highest BCUT2D eigenvalue weighted by Crippen LogP contribution is 2.43. The zero-order chi connectivity index (χ0) is 38.1. The minimum Gasteiger partial charge on any atom is -0.457 e. The molecule has 0 aliphatic rings. The molecule has 2 unspecified atom stereocenters. The lowest BCUT2D eigenvalue weighted by Crippen LogP contribution is -2.28. The molecule has 0 rings (SSSR count). The van der Waals surface area contributed by atoms with Crippen molar-refractivity contribution < 1.29 is 32.8 Å². The number of hydrogen-bond donors (Lipinski definition) is 2. The van der Waals surface area contributed by atoms with Crippen molar-refractivity contribution in [1.29, 1.82) is 0 Å². The van der Waals surface area contributed by atoms with Crippen LogP contribution in [0.25, 0.3) is 0 Å². The number of nitrogens with two attached hydrogens (primary N) is 1. The van der Waals surface area contributed by atoms with Gasteiger partial charge in [-0.05, 0) is 51.4 Å². The van der Waals surface area contributed by atoms with Gasteiger partial charge in [-0.1, -0.05) is 172 Å². The van der Waals surface area contributed by atoms with Crippen LogP contribution in [0.5, 0.6) is 0 Å². The highest BCUT2D eigenvalue weighted by molar-refractivity contribution is 7.47. The quantitative estimate of drug-likeness (QED) is 0.0274. The second-order valence-electron chi connectivity index (χ2n) is 14.2. The Hall–Kier alpha value is -1.28. The number of rotatable bonds is 41. The molecule has 2 atom stereocenters. The summed E-state index contributed by atoms with van der Waals surface area (Å²) in [7, 11) is -4.28. The second kappa shape index (κ2) is 40.9. The van der Waals surface area contributed by atoms with E-state index in [-0.39, 0.29) is 32.3 Å². The summed E-state index contributed by atoms with van der Waals surface area (Å²) < 4.78 is 33.4. The van der Waals surface area contributed by atoms with E-state index in [0.717, 1.165) is 57.8 Å². The summed E-state index contributed by atoms with van der Waals surface area (Å²) in [5, 5.41) is 0. The number of ether oxygens (including phenoxy) is 2. The van der Waals surface area contributed by atoms with E-state index in [1.165, 1.54) is 116 Å². The van der Waals surface area contributed by atoms with Crippen molar-refractivity contribution in [2.24, 2.45) is 5.73 Å². The Morgan fingerprint density at radius 1 is 0.577 bits per heavy atom. The lowest BCUT2D eigenvalue weighted by molar-refractivity contribution is -0.154. The molecule has 0 fully saturated rings. The molecule has 3 N–H and O–H groups in total. The van der Waals surface area contributed by atoms with Gasteiger partial charge in [-0.25, -0.2) is 4.57 Å². The zero-order valence-corrected chi connectivity index (χ0v) is 34.7. The first-order chi connectivity index (χ1) is 25.4. The summed E-state index contributed by atoms with van der Waals surface area (Å²) in [4.78, 5) is 22.4. The number of carbonyl (C=O) groups excluding carboxylic acids is 1. The van der Waals surface area contributed by atoms with Crippen molar-refractivity contribution in [3.63, 3.8) is 0 Å². The molecular weight excluding hydrogens is 673 g/mol. The molecule has 0 amide bonds. The van der Waals surface area contributed by atoms with E-state index >= 15 is 0 Å². The van der Waals surface area contributed by atoms with Gasteiger partial charge in [0.1, 0.15) is 6.10 Å². The minimum absolute atomic E-state index is 0.0976.